The first-order valence-corrected chi connectivity index (χ1v) is 6.76. The predicted octanol–water partition coefficient (Wildman–Crippen LogP) is 1.34. The van der Waals surface area contributed by atoms with Gasteiger partial charge in [0.1, 0.15) is 12.2 Å². The lowest BCUT2D eigenvalue weighted by atomic mass is 10.0. The van der Waals surface area contributed by atoms with Crippen LogP contribution in [0, 0.1) is 0 Å². The molecule has 5 heteroatoms. The first-order chi connectivity index (χ1) is 9.78. The highest BCUT2D eigenvalue weighted by Gasteiger charge is 2.38. The van der Waals surface area contributed by atoms with Gasteiger partial charge >= 0.3 is 0 Å². The molecule has 0 aliphatic carbocycles. The monoisotopic (exact) mass is 282 g/mol. The molecule has 4 atom stereocenters. The second kappa shape index (κ2) is 7.71. The van der Waals surface area contributed by atoms with Crippen LogP contribution in [0.3, 0.4) is 0 Å². The second-order valence-electron chi connectivity index (χ2n) is 4.81. The van der Waals surface area contributed by atoms with Crippen molar-refractivity contribution in [2.45, 2.75) is 37.6 Å². The van der Waals surface area contributed by atoms with Gasteiger partial charge in [0.2, 0.25) is 0 Å². The summed E-state index contributed by atoms with van der Waals surface area (Å²) in [7, 11) is 3.18. The largest absolute Gasteiger partial charge is 0.394 e. The van der Waals surface area contributed by atoms with Crippen LogP contribution in [0.15, 0.2) is 30.3 Å². The molecule has 0 aromatic heterocycles. The third kappa shape index (κ3) is 3.77. The topological polar surface area (TPSA) is 57.2 Å². The van der Waals surface area contributed by atoms with Crippen molar-refractivity contribution in [1.29, 1.82) is 0 Å². The van der Waals surface area contributed by atoms with Gasteiger partial charge in [-0.1, -0.05) is 30.3 Å². The molecule has 112 valence electrons. The number of aliphatic hydroxyl groups is 1. The highest BCUT2D eigenvalue weighted by molar-refractivity contribution is 5.13. The maximum absolute atomic E-state index is 9.43. The number of ether oxygens (including phenoxy) is 4. The number of hydrogen-bond acceptors (Lipinski definition) is 5. The zero-order valence-corrected chi connectivity index (χ0v) is 11.9. The van der Waals surface area contributed by atoms with Crippen LogP contribution in [-0.2, 0) is 25.6 Å². The molecular formula is C15H22O5. The van der Waals surface area contributed by atoms with Crippen LogP contribution in [0.25, 0.3) is 0 Å². The van der Waals surface area contributed by atoms with Crippen LogP contribution in [-0.4, -0.2) is 50.5 Å². The average Bonchev–Trinajstić information content (AvgIpc) is 2.52. The van der Waals surface area contributed by atoms with Crippen LogP contribution in [0.1, 0.15) is 12.0 Å². The van der Waals surface area contributed by atoms with E-state index in [0.717, 1.165) is 5.56 Å². The Morgan fingerprint density at radius 1 is 1.15 bits per heavy atom. The van der Waals surface area contributed by atoms with Gasteiger partial charge in [0.05, 0.1) is 19.3 Å². The summed E-state index contributed by atoms with van der Waals surface area (Å²) in [5.74, 6) is 0. The van der Waals surface area contributed by atoms with Crippen molar-refractivity contribution in [2.75, 3.05) is 20.8 Å². The van der Waals surface area contributed by atoms with Gasteiger partial charge in [0.15, 0.2) is 6.29 Å². The van der Waals surface area contributed by atoms with Crippen molar-refractivity contribution in [3.8, 4) is 0 Å². The number of rotatable bonds is 6. The summed E-state index contributed by atoms with van der Waals surface area (Å²) in [4.78, 5) is 0. The molecule has 0 unspecified atom stereocenters. The summed E-state index contributed by atoms with van der Waals surface area (Å²) in [6.07, 6.45) is -0.628. The minimum absolute atomic E-state index is 0.101. The summed E-state index contributed by atoms with van der Waals surface area (Å²) in [6.45, 7) is 0.384. The highest BCUT2D eigenvalue weighted by atomic mass is 16.7. The number of benzene rings is 1. The molecule has 1 fully saturated rings. The van der Waals surface area contributed by atoms with E-state index in [-0.39, 0.29) is 18.8 Å². The normalized spacial score (nSPS) is 30.4. The molecular weight excluding hydrogens is 260 g/mol. The Kier molecular flexibility index (Phi) is 5.94. The molecule has 20 heavy (non-hydrogen) atoms. The van der Waals surface area contributed by atoms with Crippen molar-refractivity contribution in [1.82, 2.24) is 0 Å². The van der Waals surface area contributed by atoms with Crippen molar-refractivity contribution in [3.05, 3.63) is 35.9 Å². The number of hydrogen-bond donors (Lipinski definition) is 1. The Morgan fingerprint density at radius 2 is 1.90 bits per heavy atom. The molecule has 1 saturated heterocycles. The van der Waals surface area contributed by atoms with E-state index >= 15 is 0 Å². The van der Waals surface area contributed by atoms with Gasteiger partial charge in [-0.2, -0.15) is 0 Å². The molecule has 5 nitrogen and oxygen atoms in total. The molecule has 1 aliphatic heterocycles. The Bertz CT molecular complexity index is 383. The van der Waals surface area contributed by atoms with Crippen molar-refractivity contribution < 1.29 is 24.1 Å². The number of methoxy groups -OCH3 is 2. The second-order valence-corrected chi connectivity index (χ2v) is 4.81. The summed E-state index contributed by atoms with van der Waals surface area (Å²) in [5.41, 5.74) is 1.09. The Hall–Kier alpha value is -0.980. The van der Waals surface area contributed by atoms with Gasteiger partial charge in [0, 0.05) is 20.6 Å². The van der Waals surface area contributed by atoms with Gasteiger partial charge in [-0.15, -0.1) is 0 Å². The lowest BCUT2D eigenvalue weighted by molar-refractivity contribution is -0.274. The zero-order valence-electron chi connectivity index (χ0n) is 11.9. The number of aliphatic hydroxyl groups excluding tert-OH is 1. The summed E-state index contributed by atoms with van der Waals surface area (Å²) in [6, 6.07) is 9.91. The fraction of sp³-hybridized carbons (Fsp3) is 0.600. The standard InChI is InChI=1S/C15H22O5/c1-17-13-8-12(14(9-16)20-15(13)18-2)19-10-11-6-4-3-5-7-11/h3-7,12-16H,8-10H2,1-2H3/t12-,13+,14+,15-/m0/s1. The van der Waals surface area contributed by atoms with Crippen molar-refractivity contribution >= 4 is 0 Å². The zero-order chi connectivity index (χ0) is 14.4. The van der Waals surface area contributed by atoms with Gasteiger partial charge in [-0.05, 0) is 5.56 Å². The maximum Gasteiger partial charge on any atom is 0.183 e. The first kappa shape index (κ1) is 15.4. The SMILES string of the molecule is CO[C@H]1O[C@H](CO)[C@@H](OCc2ccccc2)C[C@H]1OC. The van der Waals surface area contributed by atoms with Gasteiger partial charge in [0.25, 0.3) is 0 Å². The first-order valence-electron chi connectivity index (χ1n) is 6.76. The Balaban J connectivity index is 1.94. The molecule has 0 radical (unpaired) electrons. The third-order valence-corrected chi connectivity index (χ3v) is 3.51. The van der Waals surface area contributed by atoms with E-state index in [2.05, 4.69) is 0 Å². The smallest absolute Gasteiger partial charge is 0.183 e. The molecule has 0 spiro atoms. The molecule has 1 aliphatic rings. The van der Waals surface area contributed by atoms with E-state index in [9.17, 15) is 5.11 Å². The summed E-state index contributed by atoms with van der Waals surface area (Å²) in [5, 5.41) is 9.43. The molecule has 1 heterocycles. The van der Waals surface area contributed by atoms with Crippen LogP contribution in [0.4, 0.5) is 0 Å². The maximum atomic E-state index is 9.43. The average molecular weight is 282 g/mol. The van der Waals surface area contributed by atoms with Crippen LogP contribution < -0.4 is 0 Å². The fourth-order valence-electron chi connectivity index (χ4n) is 2.37. The Morgan fingerprint density at radius 3 is 2.50 bits per heavy atom. The third-order valence-electron chi connectivity index (χ3n) is 3.51. The quantitative estimate of drug-likeness (QED) is 0.853. The lowest BCUT2D eigenvalue weighted by Gasteiger charge is -2.39. The molecule has 2 rings (SSSR count). The van der Waals surface area contributed by atoms with Crippen LogP contribution in [0.5, 0.6) is 0 Å². The predicted molar refractivity (Wildman–Crippen MR) is 73.2 cm³/mol. The molecule has 0 saturated carbocycles. The minimum atomic E-state index is -0.464. The van der Waals surface area contributed by atoms with Gasteiger partial charge in [-0.25, -0.2) is 0 Å². The van der Waals surface area contributed by atoms with E-state index in [0.29, 0.717) is 13.0 Å². The molecule has 1 aromatic rings. The van der Waals surface area contributed by atoms with E-state index < -0.39 is 12.4 Å². The van der Waals surface area contributed by atoms with E-state index in [4.69, 9.17) is 18.9 Å². The van der Waals surface area contributed by atoms with Crippen molar-refractivity contribution in [3.63, 3.8) is 0 Å². The lowest BCUT2D eigenvalue weighted by Crippen LogP contribution is -2.51. The van der Waals surface area contributed by atoms with Gasteiger partial charge in [-0.3, -0.25) is 0 Å². The Labute approximate surface area is 119 Å². The van der Waals surface area contributed by atoms with Crippen LogP contribution >= 0.6 is 0 Å². The van der Waals surface area contributed by atoms with Crippen LogP contribution in [0.2, 0.25) is 0 Å². The van der Waals surface area contributed by atoms with E-state index in [1.165, 1.54) is 0 Å². The van der Waals surface area contributed by atoms with E-state index in [1.807, 2.05) is 30.3 Å². The summed E-state index contributed by atoms with van der Waals surface area (Å²) >= 11 is 0. The minimum Gasteiger partial charge on any atom is -0.394 e. The van der Waals surface area contributed by atoms with Gasteiger partial charge < -0.3 is 24.1 Å². The summed E-state index contributed by atoms with van der Waals surface area (Å²) < 4.78 is 22.1. The molecule has 1 N–H and O–H groups in total. The molecule has 1 aromatic carbocycles. The van der Waals surface area contributed by atoms with E-state index in [1.54, 1.807) is 14.2 Å². The molecule has 0 amide bonds. The molecule has 0 bridgehead atoms. The van der Waals surface area contributed by atoms with Crippen molar-refractivity contribution in [2.24, 2.45) is 0 Å². The highest BCUT2D eigenvalue weighted by Crippen LogP contribution is 2.25. The fourth-order valence-corrected chi connectivity index (χ4v) is 2.37.